The van der Waals surface area contributed by atoms with Crippen molar-refractivity contribution in [2.24, 2.45) is 0 Å². The fourth-order valence-electron chi connectivity index (χ4n) is 2.73. The molecule has 0 bridgehead atoms. The van der Waals surface area contributed by atoms with Crippen LogP contribution in [0.3, 0.4) is 0 Å². The quantitative estimate of drug-likeness (QED) is 0.644. The first-order valence-corrected chi connectivity index (χ1v) is 9.84. The number of rotatable bonds is 4. The second-order valence-electron chi connectivity index (χ2n) is 9.43. The lowest BCUT2D eigenvalue weighted by Gasteiger charge is -2.32. The van der Waals surface area contributed by atoms with Gasteiger partial charge in [-0.2, -0.15) is 13.2 Å². The predicted molar refractivity (Wildman–Crippen MR) is 111 cm³/mol. The molecule has 6 nitrogen and oxygen atoms in total. The van der Waals surface area contributed by atoms with Crippen LogP contribution in [0.1, 0.15) is 59.6 Å². The first kappa shape index (κ1) is 25.1. The van der Waals surface area contributed by atoms with Gasteiger partial charge in [0.25, 0.3) is 0 Å². The van der Waals surface area contributed by atoms with Crippen LogP contribution in [0.2, 0.25) is 0 Å². The van der Waals surface area contributed by atoms with Crippen LogP contribution < -0.4 is 5.32 Å². The van der Waals surface area contributed by atoms with Gasteiger partial charge < -0.3 is 24.5 Å². The molecule has 1 aliphatic heterocycles. The Balaban J connectivity index is 2.35. The molecule has 0 aromatic heterocycles. The number of ether oxygens (including phenoxy) is 1. The Hall–Kier alpha value is -2.20. The minimum atomic E-state index is -4.58. The molecule has 10 heteroatoms. The highest BCUT2D eigenvalue weighted by atomic mass is 19.4. The molecule has 172 valence electrons. The zero-order chi connectivity index (χ0) is 23.8. The van der Waals surface area contributed by atoms with Crippen molar-refractivity contribution in [2.45, 2.75) is 71.4 Å². The number of hydrogen-bond donors (Lipinski definition) is 2. The van der Waals surface area contributed by atoms with Crippen LogP contribution in [0, 0.1) is 0 Å². The van der Waals surface area contributed by atoms with Crippen LogP contribution in [-0.4, -0.2) is 41.7 Å². The number of amides is 1. The molecular weight excluding hydrogens is 414 g/mol. The van der Waals surface area contributed by atoms with Crippen molar-refractivity contribution >= 4 is 19.3 Å². The van der Waals surface area contributed by atoms with E-state index < -0.39 is 47.5 Å². The van der Waals surface area contributed by atoms with E-state index in [0.29, 0.717) is 11.5 Å². The van der Waals surface area contributed by atoms with Crippen molar-refractivity contribution in [2.75, 3.05) is 6.54 Å². The van der Waals surface area contributed by atoms with E-state index in [1.807, 2.05) is 27.7 Å². The van der Waals surface area contributed by atoms with Crippen molar-refractivity contribution in [1.82, 2.24) is 5.32 Å². The molecule has 0 spiro atoms. The summed E-state index contributed by atoms with van der Waals surface area (Å²) in [4.78, 5) is 12.1. The molecule has 1 aromatic rings. The van der Waals surface area contributed by atoms with Crippen molar-refractivity contribution in [3.8, 4) is 5.75 Å². The van der Waals surface area contributed by atoms with Crippen LogP contribution in [0.5, 0.6) is 5.75 Å². The van der Waals surface area contributed by atoms with Gasteiger partial charge in [-0.1, -0.05) is 12.1 Å². The van der Waals surface area contributed by atoms with E-state index in [1.54, 1.807) is 20.8 Å². The summed E-state index contributed by atoms with van der Waals surface area (Å²) in [7, 11) is -0.887. The zero-order valence-electron chi connectivity index (χ0n) is 18.8. The maximum absolute atomic E-state index is 12.9. The number of aromatic hydroxyl groups is 1. The number of phenolic OH excluding ortho intramolecular Hbond substituents is 1. The SMILES string of the molecule is CC(C)(C)OC(=O)NCC(=Cc1ccc(C(F)(F)F)cc1O)B1OC(C)(C)C(C)(C)O1. The summed E-state index contributed by atoms with van der Waals surface area (Å²) in [6, 6.07) is 2.67. The topological polar surface area (TPSA) is 77.0 Å². The molecular formula is C21H29BF3NO5. The molecule has 1 amide bonds. The van der Waals surface area contributed by atoms with Gasteiger partial charge in [-0.15, -0.1) is 0 Å². The lowest BCUT2D eigenvalue weighted by atomic mass is 9.77. The molecule has 0 saturated carbocycles. The van der Waals surface area contributed by atoms with Crippen LogP contribution in [-0.2, 0) is 20.2 Å². The summed E-state index contributed by atoms with van der Waals surface area (Å²) < 4.78 is 55.9. The van der Waals surface area contributed by atoms with Crippen molar-refractivity contribution in [1.29, 1.82) is 0 Å². The number of halogens is 3. The van der Waals surface area contributed by atoms with Gasteiger partial charge in [0.1, 0.15) is 11.4 Å². The summed E-state index contributed by atoms with van der Waals surface area (Å²) in [5, 5.41) is 12.7. The van der Waals surface area contributed by atoms with E-state index in [4.69, 9.17) is 14.0 Å². The fourth-order valence-corrected chi connectivity index (χ4v) is 2.73. The van der Waals surface area contributed by atoms with E-state index in [0.717, 1.165) is 12.1 Å². The fraction of sp³-hybridized carbons (Fsp3) is 0.571. The Bertz CT molecular complexity index is 844. The third kappa shape index (κ3) is 6.40. The van der Waals surface area contributed by atoms with Gasteiger partial charge in [-0.3, -0.25) is 0 Å². The van der Waals surface area contributed by atoms with Crippen molar-refractivity contribution in [3.63, 3.8) is 0 Å². The van der Waals surface area contributed by atoms with Crippen LogP contribution >= 0.6 is 0 Å². The van der Waals surface area contributed by atoms with E-state index in [-0.39, 0.29) is 12.1 Å². The lowest BCUT2D eigenvalue weighted by molar-refractivity contribution is -0.137. The predicted octanol–water partition coefficient (Wildman–Crippen LogP) is 4.95. The average Bonchev–Trinajstić information content (AvgIpc) is 2.77. The van der Waals surface area contributed by atoms with E-state index in [1.165, 1.54) is 6.08 Å². The Morgan fingerprint density at radius 2 is 1.71 bits per heavy atom. The van der Waals surface area contributed by atoms with Gasteiger partial charge in [0, 0.05) is 12.1 Å². The van der Waals surface area contributed by atoms with Crippen molar-refractivity contribution in [3.05, 3.63) is 34.8 Å². The molecule has 1 saturated heterocycles. The molecule has 1 aromatic carbocycles. The lowest BCUT2D eigenvalue weighted by Crippen LogP contribution is -2.41. The second-order valence-corrected chi connectivity index (χ2v) is 9.43. The zero-order valence-corrected chi connectivity index (χ0v) is 18.8. The highest BCUT2D eigenvalue weighted by molar-refractivity contribution is 6.56. The van der Waals surface area contributed by atoms with Gasteiger partial charge in [0.05, 0.1) is 16.8 Å². The molecule has 0 aliphatic carbocycles. The minimum absolute atomic E-state index is 0.0633. The summed E-state index contributed by atoms with van der Waals surface area (Å²) in [6.45, 7) is 12.5. The number of alkyl carbamates (subject to hydrolysis) is 1. The first-order valence-electron chi connectivity index (χ1n) is 9.84. The Labute approximate surface area is 180 Å². The highest BCUT2D eigenvalue weighted by Gasteiger charge is 2.52. The summed E-state index contributed by atoms with van der Waals surface area (Å²) >= 11 is 0. The highest BCUT2D eigenvalue weighted by Crippen LogP contribution is 2.39. The Morgan fingerprint density at radius 3 is 2.16 bits per heavy atom. The van der Waals surface area contributed by atoms with E-state index in [9.17, 15) is 23.1 Å². The molecule has 0 unspecified atom stereocenters. The van der Waals surface area contributed by atoms with E-state index >= 15 is 0 Å². The minimum Gasteiger partial charge on any atom is -0.507 e. The summed E-state index contributed by atoms with van der Waals surface area (Å²) in [5.41, 5.74) is -2.49. The average molecular weight is 443 g/mol. The van der Waals surface area contributed by atoms with Crippen molar-refractivity contribution < 1.29 is 37.1 Å². The smallest absolute Gasteiger partial charge is 0.492 e. The maximum atomic E-state index is 12.9. The monoisotopic (exact) mass is 443 g/mol. The molecule has 1 fully saturated rings. The number of hydrogen-bond acceptors (Lipinski definition) is 5. The number of benzene rings is 1. The second kappa shape index (κ2) is 8.39. The third-order valence-corrected chi connectivity index (χ3v) is 5.09. The number of alkyl halides is 3. The maximum Gasteiger partial charge on any atom is 0.492 e. The summed E-state index contributed by atoms with van der Waals surface area (Å²) in [5.74, 6) is -0.555. The number of nitrogens with one attached hydrogen (secondary N) is 1. The summed E-state index contributed by atoms with van der Waals surface area (Å²) in [6.07, 6.45) is -3.81. The first-order chi connectivity index (χ1) is 13.9. The number of carbonyl (C=O) groups is 1. The normalized spacial score (nSPS) is 18.8. The Morgan fingerprint density at radius 1 is 1.16 bits per heavy atom. The van der Waals surface area contributed by atoms with Crippen LogP contribution in [0.4, 0.5) is 18.0 Å². The molecule has 2 N–H and O–H groups in total. The van der Waals surface area contributed by atoms with Gasteiger partial charge in [-0.25, -0.2) is 4.79 Å². The Kier molecular flexibility index (Phi) is 6.78. The third-order valence-electron chi connectivity index (χ3n) is 5.09. The van der Waals surface area contributed by atoms with Gasteiger partial charge >= 0.3 is 19.4 Å². The molecule has 1 heterocycles. The molecule has 0 atom stereocenters. The standard InChI is InChI=1S/C21H29BF3NO5/c1-18(2,3)29-17(28)26-12-15(22-30-19(4,5)20(6,7)31-22)10-13-8-9-14(11-16(13)27)21(23,24)25/h8-11,27H,12H2,1-7H3,(H,26,28). The van der Waals surface area contributed by atoms with Gasteiger partial charge in [0.15, 0.2) is 0 Å². The van der Waals surface area contributed by atoms with Crippen LogP contribution in [0.25, 0.3) is 6.08 Å². The molecule has 31 heavy (non-hydrogen) atoms. The number of carbonyl (C=O) groups excluding carboxylic acids is 1. The molecule has 2 rings (SSSR count). The van der Waals surface area contributed by atoms with Gasteiger partial charge in [-0.05, 0) is 66.1 Å². The number of phenols is 1. The van der Waals surface area contributed by atoms with E-state index in [2.05, 4.69) is 5.32 Å². The van der Waals surface area contributed by atoms with Crippen LogP contribution in [0.15, 0.2) is 23.7 Å². The molecule has 1 aliphatic rings. The van der Waals surface area contributed by atoms with Gasteiger partial charge in [0.2, 0.25) is 0 Å². The molecule has 0 radical (unpaired) electrons. The largest absolute Gasteiger partial charge is 0.507 e.